The zero-order valence-corrected chi connectivity index (χ0v) is 9.70. The van der Waals surface area contributed by atoms with Gasteiger partial charge in [0.2, 0.25) is 0 Å². The van der Waals surface area contributed by atoms with Gasteiger partial charge in [-0.1, -0.05) is 6.07 Å². The van der Waals surface area contributed by atoms with Gasteiger partial charge in [-0.2, -0.15) is 0 Å². The van der Waals surface area contributed by atoms with Crippen LogP contribution < -0.4 is 9.47 Å². The van der Waals surface area contributed by atoms with Crippen molar-refractivity contribution >= 4 is 0 Å². The molecule has 0 aliphatic heterocycles. The Kier molecular flexibility index (Phi) is 3.97. The molecule has 1 aromatic rings. The van der Waals surface area contributed by atoms with Crippen molar-refractivity contribution in [2.75, 3.05) is 14.2 Å². The molecular formula is C12H18O3. The van der Waals surface area contributed by atoms with Crippen LogP contribution in [0.1, 0.15) is 18.1 Å². The summed E-state index contributed by atoms with van der Waals surface area (Å²) in [5, 5.41) is 9.35. The lowest BCUT2D eigenvalue weighted by Crippen LogP contribution is -2.06. The maximum atomic E-state index is 9.35. The molecule has 0 heterocycles. The third-order valence-electron chi connectivity index (χ3n) is 2.42. The molecule has 0 spiro atoms. The molecule has 0 fully saturated rings. The Morgan fingerprint density at radius 1 is 1.27 bits per heavy atom. The first-order chi connectivity index (χ1) is 7.10. The summed E-state index contributed by atoms with van der Waals surface area (Å²) in [5.41, 5.74) is 2.11. The predicted molar refractivity (Wildman–Crippen MR) is 59.7 cm³/mol. The first-order valence-corrected chi connectivity index (χ1v) is 4.98. The highest BCUT2D eigenvalue weighted by Crippen LogP contribution is 2.33. The monoisotopic (exact) mass is 210 g/mol. The Labute approximate surface area is 90.6 Å². The van der Waals surface area contributed by atoms with Crippen molar-refractivity contribution < 1.29 is 14.6 Å². The third-order valence-corrected chi connectivity index (χ3v) is 2.42. The number of aliphatic hydroxyl groups excluding tert-OH is 1. The van der Waals surface area contributed by atoms with Gasteiger partial charge in [0.05, 0.1) is 20.3 Å². The van der Waals surface area contributed by atoms with Crippen molar-refractivity contribution in [1.82, 2.24) is 0 Å². The van der Waals surface area contributed by atoms with E-state index in [1.165, 1.54) is 0 Å². The second-order valence-corrected chi connectivity index (χ2v) is 3.64. The van der Waals surface area contributed by atoms with Crippen LogP contribution in [0.15, 0.2) is 12.1 Å². The van der Waals surface area contributed by atoms with Gasteiger partial charge in [-0.25, -0.2) is 0 Å². The molecule has 0 aliphatic carbocycles. The normalized spacial score (nSPS) is 12.3. The minimum absolute atomic E-state index is 0.346. The van der Waals surface area contributed by atoms with E-state index in [1.807, 2.05) is 19.1 Å². The second kappa shape index (κ2) is 5.03. The van der Waals surface area contributed by atoms with Crippen LogP contribution in [0.4, 0.5) is 0 Å². The number of ether oxygens (including phenoxy) is 2. The fourth-order valence-electron chi connectivity index (χ4n) is 1.66. The molecule has 0 aliphatic rings. The predicted octanol–water partition coefficient (Wildman–Crippen LogP) is 1.94. The Balaban J connectivity index is 3.11. The lowest BCUT2D eigenvalue weighted by atomic mass is 10.0. The summed E-state index contributed by atoms with van der Waals surface area (Å²) in [6.45, 7) is 3.75. The van der Waals surface area contributed by atoms with Gasteiger partial charge in [0, 0.05) is 0 Å². The van der Waals surface area contributed by atoms with Gasteiger partial charge in [-0.15, -0.1) is 0 Å². The largest absolute Gasteiger partial charge is 0.493 e. The molecule has 0 bridgehead atoms. The molecule has 15 heavy (non-hydrogen) atoms. The molecule has 1 aromatic carbocycles. The van der Waals surface area contributed by atoms with Crippen LogP contribution in [0.25, 0.3) is 0 Å². The van der Waals surface area contributed by atoms with Gasteiger partial charge in [-0.3, -0.25) is 0 Å². The smallest absolute Gasteiger partial charge is 0.163 e. The van der Waals surface area contributed by atoms with E-state index >= 15 is 0 Å². The Morgan fingerprint density at radius 2 is 1.93 bits per heavy atom. The molecule has 84 valence electrons. The van der Waals surface area contributed by atoms with Crippen LogP contribution in [-0.4, -0.2) is 25.4 Å². The molecule has 0 saturated carbocycles. The van der Waals surface area contributed by atoms with Crippen LogP contribution >= 0.6 is 0 Å². The van der Waals surface area contributed by atoms with Gasteiger partial charge in [0.25, 0.3) is 0 Å². The summed E-state index contributed by atoms with van der Waals surface area (Å²) in [4.78, 5) is 0. The fraction of sp³-hybridized carbons (Fsp3) is 0.500. The Hall–Kier alpha value is -1.22. The lowest BCUT2D eigenvalue weighted by Gasteiger charge is -2.14. The maximum absolute atomic E-state index is 9.35. The number of methoxy groups -OCH3 is 2. The van der Waals surface area contributed by atoms with Gasteiger partial charge in [0.1, 0.15) is 0 Å². The van der Waals surface area contributed by atoms with Crippen LogP contribution in [0.5, 0.6) is 11.5 Å². The van der Waals surface area contributed by atoms with Crippen LogP contribution in [0, 0.1) is 6.92 Å². The van der Waals surface area contributed by atoms with Crippen LogP contribution in [-0.2, 0) is 6.42 Å². The van der Waals surface area contributed by atoms with E-state index in [0.29, 0.717) is 6.42 Å². The van der Waals surface area contributed by atoms with Crippen molar-refractivity contribution in [2.45, 2.75) is 26.4 Å². The van der Waals surface area contributed by atoms with Crippen molar-refractivity contribution in [2.24, 2.45) is 0 Å². The molecule has 0 amide bonds. The molecule has 1 atom stereocenters. The number of aliphatic hydroxyl groups is 1. The zero-order valence-electron chi connectivity index (χ0n) is 9.70. The van der Waals surface area contributed by atoms with Crippen molar-refractivity contribution in [3.05, 3.63) is 23.3 Å². The lowest BCUT2D eigenvalue weighted by molar-refractivity contribution is 0.195. The van der Waals surface area contributed by atoms with Crippen molar-refractivity contribution in [3.8, 4) is 11.5 Å². The minimum Gasteiger partial charge on any atom is -0.493 e. The highest BCUT2D eigenvalue weighted by atomic mass is 16.5. The topological polar surface area (TPSA) is 38.7 Å². The molecule has 0 radical (unpaired) electrons. The average Bonchev–Trinajstić information content (AvgIpc) is 2.20. The van der Waals surface area contributed by atoms with Crippen LogP contribution in [0.3, 0.4) is 0 Å². The zero-order chi connectivity index (χ0) is 11.4. The quantitative estimate of drug-likeness (QED) is 0.825. The molecule has 3 nitrogen and oxygen atoms in total. The molecular weight excluding hydrogens is 192 g/mol. The van der Waals surface area contributed by atoms with Gasteiger partial charge in [0.15, 0.2) is 11.5 Å². The molecule has 0 saturated heterocycles. The SMILES string of the molecule is COc1ccc(C[C@@H](C)O)c(C)c1OC. The van der Waals surface area contributed by atoms with E-state index in [4.69, 9.17) is 9.47 Å². The first-order valence-electron chi connectivity index (χ1n) is 4.98. The maximum Gasteiger partial charge on any atom is 0.163 e. The van der Waals surface area contributed by atoms with E-state index in [-0.39, 0.29) is 6.10 Å². The Morgan fingerprint density at radius 3 is 2.40 bits per heavy atom. The summed E-state index contributed by atoms with van der Waals surface area (Å²) in [5.74, 6) is 1.47. The standard InChI is InChI=1S/C12H18O3/c1-8(13)7-10-5-6-11(14-3)12(15-4)9(10)2/h5-6,8,13H,7H2,1-4H3/t8-/m1/s1. The van der Waals surface area contributed by atoms with Crippen LogP contribution in [0.2, 0.25) is 0 Å². The molecule has 0 aromatic heterocycles. The number of hydrogen-bond donors (Lipinski definition) is 1. The molecule has 3 heteroatoms. The van der Waals surface area contributed by atoms with E-state index in [1.54, 1.807) is 21.1 Å². The highest BCUT2D eigenvalue weighted by Gasteiger charge is 2.11. The third kappa shape index (κ3) is 2.63. The highest BCUT2D eigenvalue weighted by molar-refractivity contribution is 5.50. The van der Waals surface area contributed by atoms with E-state index in [0.717, 1.165) is 22.6 Å². The van der Waals surface area contributed by atoms with Gasteiger partial charge in [-0.05, 0) is 37.5 Å². The average molecular weight is 210 g/mol. The molecule has 0 unspecified atom stereocenters. The number of benzene rings is 1. The number of rotatable bonds is 4. The summed E-state index contributed by atoms with van der Waals surface area (Å²) < 4.78 is 10.5. The summed E-state index contributed by atoms with van der Waals surface area (Å²) in [6, 6.07) is 3.83. The van der Waals surface area contributed by atoms with Crippen molar-refractivity contribution in [3.63, 3.8) is 0 Å². The summed E-state index contributed by atoms with van der Waals surface area (Å²) in [7, 11) is 3.24. The summed E-state index contributed by atoms with van der Waals surface area (Å²) in [6.07, 6.45) is 0.286. The fourth-order valence-corrected chi connectivity index (χ4v) is 1.66. The van der Waals surface area contributed by atoms with E-state index < -0.39 is 0 Å². The number of hydrogen-bond acceptors (Lipinski definition) is 3. The van der Waals surface area contributed by atoms with Gasteiger partial charge < -0.3 is 14.6 Å². The van der Waals surface area contributed by atoms with Crippen molar-refractivity contribution in [1.29, 1.82) is 0 Å². The first kappa shape index (κ1) is 11.9. The van der Waals surface area contributed by atoms with Gasteiger partial charge >= 0.3 is 0 Å². The summed E-state index contributed by atoms with van der Waals surface area (Å²) >= 11 is 0. The Bertz CT molecular complexity index is 332. The van der Waals surface area contributed by atoms with E-state index in [9.17, 15) is 5.11 Å². The molecule has 1 N–H and O–H groups in total. The minimum atomic E-state index is -0.346. The second-order valence-electron chi connectivity index (χ2n) is 3.64. The molecule has 1 rings (SSSR count). The van der Waals surface area contributed by atoms with E-state index in [2.05, 4.69) is 0 Å².